The summed E-state index contributed by atoms with van der Waals surface area (Å²) >= 11 is 0. The summed E-state index contributed by atoms with van der Waals surface area (Å²) in [6.45, 7) is 5.49. The lowest BCUT2D eigenvalue weighted by Crippen LogP contribution is -2.26. The Morgan fingerprint density at radius 3 is 2.41 bits per heavy atom. The average Bonchev–Trinajstić information content (AvgIpc) is 2.35. The average molecular weight is 234 g/mol. The lowest BCUT2D eigenvalue weighted by atomic mass is 10.1. The fourth-order valence-corrected chi connectivity index (χ4v) is 2.06. The molecule has 1 atom stereocenters. The number of nitrogens with zero attached hydrogens (tertiary/aromatic N) is 1. The van der Waals surface area contributed by atoms with Crippen LogP contribution in [0.3, 0.4) is 0 Å². The SMILES string of the molecule is CCC(CCCN(C)c1ccc(C)cc1)NC. The lowest BCUT2D eigenvalue weighted by Gasteiger charge is -2.21. The van der Waals surface area contributed by atoms with Crippen LogP contribution in [0.15, 0.2) is 24.3 Å². The van der Waals surface area contributed by atoms with Crippen LogP contribution >= 0.6 is 0 Å². The molecule has 0 aliphatic heterocycles. The fourth-order valence-electron chi connectivity index (χ4n) is 2.06. The van der Waals surface area contributed by atoms with E-state index in [4.69, 9.17) is 0 Å². The molecule has 0 radical (unpaired) electrons. The second-order valence-electron chi connectivity index (χ2n) is 4.79. The van der Waals surface area contributed by atoms with Gasteiger partial charge < -0.3 is 10.2 Å². The Morgan fingerprint density at radius 1 is 1.24 bits per heavy atom. The van der Waals surface area contributed by atoms with Gasteiger partial charge in [-0.2, -0.15) is 0 Å². The van der Waals surface area contributed by atoms with Crippen molar-refractivity contribution in [2.45, 2.75) is 39.2 Å². The van der Waals surface area contributed by atoms with E-state index in [1.165, 1.54) is 30.5 Å². The maximum absolute atomic E-state index is 3.35. The zero-order valence-electron chi connectivity index (χ0n) is 11.7. The van der Waals surface area contributed by atoms with Gasteiger partial charge in [-0.25, -0.2) is 0 Å². The molecule has 96 valence electrons. The Bertz CT molecular complexity index is 301. The highest BCUT2D eigenvalue weighted by Crippen LogP contribution is 2.14. The van der Waals surface area contributed by atoms with Gasteiger partial charge in [-0.15, -0.1) is 0 Å². The van der Waals surface area contributed by atoms with Crippen LogP contribution in [0, 0.1) is 6.92 Å². The van der Waals surface area contributed by atoms with Crippen LogP contribution < -0.4 is 10.2 Å². The Kier molecular flexibility index (Phi) is 6.06. The van der Waals surface area contributed by atoms with Crippen LogP contribution in [0.2, 0.25) is 0 Å². The van der Waals surface area contributed by atoms with Gasteiger partial charge >= 0.3 is 0 Å². The van der Waals surface area contributed by atoms with Crippen LogP contribution in [-0.4, -0.2) is 26.7 Å². The molecule has 0 amide bonds. The highest BCUT2D eigenvalue weighted by Gasteiger charge is 2.04. The molecule has 0 fully saturated rings. The molecular weight excluding hydrogens is 208 g/mol. The third kappa shape index (κ3) is 4.78. The van der Waals surface area contributed by atoms with Crippen molar-refractivity contribution in [3.63, 3.8) is 0 Å². The van der Waals surface area contributed by atoms with E-state index in [1.54, 1.807) is 0 Å². The van der Waals surface area contributed by atoms with Gasteiger partial charge in [-0.1, -0.05) is 24.6 Å². The Balaban J connectivity index is 2.34. The Hall–Kier alpha value is -1.02. The zero-order chi connectivity index (χ0) is 12.7. The molecule has 0 heterocycles. The first-order chi connectivity index (χ1) is 8.17. The number of nitrogens with one attached hydrogen (secondary N) is 1. The molecule has 2 heteroatoms. The first-order valence-corrected chi connectivity index (χ1v) is 6.62. The largest absolute Gasteiger partial charge is 0.375 e. The summed E-state index contributed by atoms with van der Waals surface area (Å²) in [5.41, 5.74) is 2.64. The standard InChI is InChI=1S/C15H26N2/c1-5-14(16-3)7-6-12-17(4)15-10-8-13(2)9-11-15/h8-11,14,16H,5-7,12H2,1-4H3. The first-order valence-electron chi connectivity index (χ1n) is 6.62. The maximum Gasteiger partial charge on any atom is 0.0363 e. The molecule has 1 N–H and O–H groups in total. The minimum absolute atomic E-state index is 0.668. The molecule has 1 aromatic rings. The van der Waals surface area contributed by atoms with Crippen molar-refractivity contribution in [2.75, 3.05) is 25.5 Å². The monoisotopic (exact) mass is 234 g/mol. The summed E-state index contributed by atoms with van der Waals surface area (Å²) in [6, 6.07) is 9.42. The van der Waals surface area contributed by atoms with Crippen LogP contribution in [-0.2, 0) is 0 Å². The number of hydrogen-bond donors (Lipinski definition) is 1. The van der Waals surface area contributed by atoms with Gasteiger partial charge in [0.1, 0.15) is 0 Å². The van der Waals surface area contributed by atoms with Crippen LogP contribution in [0.25, 0.3) is 0 Å². The van der Waals surface area contributed by atoms with Crippen molar-refractivity contribution in [1.82, 2.24) is 5.32 Å². The Labute approximate surface area is 106 Å². The van der Waals surface area contributed by atoms with Gasteiger partial charge in [0.05, 0.1) is 0 Å². The predicted molar refractivity (Wildman–Crippen MR) is 76.8 cm³/mol. The smallest absolute Gasteiger partial charge is 0.0363 e. The summed E-state index contributed by atoms with van der Waals surface area (Å²) in [5.74, 6) is 0. The highest BCUT2D eigenvalue weighted by molar-refractivity contribution is 5.46. The number of aryl methyl sites for hydroxylation is 1. The highest BCUT2D eigenvalue weighted by atomic mass is 15.1. The van der Waals surface area contributed by atoms with Crippen LogP contribution in [0.1, 0.15) is 31.7 Å². The van der Waals surface area contributed by atoms with E-state index in [0.29, 0.717) is 6.04 Å². The van der Waals surface area contributed by atoms with E-state index in [9.17, 15) is 0 Å². The minimum Gasteiger partial charge on any atom is -0.375 e. The maximum atomic E-state index is 3.35. The van der Waals surface area contributed by atoms with Gasteiger partial charge in [0.25, 0.3) is 0 Å². The van der Waals surface area contributed by atoms with Crippen LogP contribution in [0.4, 0.5) is 5.69 Å². The minimum atomic E-state index is 0.668. The van der Waals surface area contributed by atoms with Crippen molar-refractivity contribution >= 4 is 5.69 Å². The van der Waals surface area contributed by atoms with Crippen molar-refractivity contribution in [1.29, 1.82) is 0 Å². The number of benzene rings is 1. The molecule has 0 aliphatic carbocycles. The normalized spacial score (nSPS) is 12.5. The molecule has 1 unspecified atom stereocenters. The van der Waals surface area contributed by atoms with Crippen molar-refractivity contribution < 1.29 is 0 Å². The Morgan fingerprint density at radius 2 is 1.88 bits per heavy atom. The summed E-state index contributed by atoms with van der Waals surface area (Å²) in [4.78, 5) is 2.34. The van der Waals surface area contributed by atoms with E-state index in [1.807, 2.05) is 0 Å². The molecule has 1 aromatic carbocycles. The van der Waals surface area contributed by atoms with E-state index in [2.05, 4.69) is 62.4 Å². The number of rotatable bonds is 7. The second-order valence-corrected chi connectivity index (χ2v) is 4.79. The van der Waals surface area contributed by atoms with E-state index in [0.717, 1.165) is 6.54 Å². The topological polar surface area (TPSA) is 15.3 Å². The number of hydrogen-bond acceptors (Lipinski definition) is 2. The van der Waals surface area contributed by atoms with Gasteiger partial charge in [-0.05, 0) is 45.4 Å². The molecule has 0 aliphatic rings. The van der Waals surface area contributed by atoms with Gasteiger partial charge in [0, 0.05) is 25.3 Å². The van der Waals surface area contributed by atoms with Crippen molar-refractivity contribution in [2.24, 2.45) is 0 Å². The van der Waals surface area contributed by atoms with Crippen LogP contribution in [0.5, 0.6) is 0 Å². The molecule has 0 spiro atoms. The molecule has 17 heavy (non-hydrogen) atoms. The van der Waals surface area contributed by atoms with E-state index < -0.39 is 0 Å². The zero-order valence-corrected chi connectivity index (χ0v) is 11.7. The third-order valence-electron chi connectivity index (χ3n) is 3.42. The fraction of sp³-hybridized carbons (Fsp3) is 0.600. The van der Waals surface area contributed by atoms with E-state index in [-0.39, 0.29) is 0 Å². The van der Waals surface area contributed by atoms with Gasteiger partial charge in [0.2, 0.25) is 0 Å². The quantitative estimate of drug-likeness (QED) is 0.779. The summed E-state index contributed by atoms with van der Waals surface area (Å²) in [5, 5.41) is 3.35. The first kappa shape index (κ1) is 14.0. The summed E-state index contributed by atoms with van der Waals surface area (Å²) < 4.78 is 0. The molecule has 0 bridgehead atoms. The number of anilines is 1. The van der Waals surface area contributed by atoms with E-state index >= 15 is 0 Å². The molecule has 0 saturated heterocycles. The third-order valence-corrected chi connectivity index (χ3v) is 3.42. The summed E-state index contributed by atoms with van der Waals surface area (Å²) in [6.07, 6.45) is 3.71. The van der Waals surface area contributed by atoms with Crippen molar-refractivity contribution in [3.05, 3.63) is 29.8 Å². The lowest BCUT2D eigenvalue weighted by molar-refractivity contribution is 0.492. The van der Waals surface area contributed by atoms with Gasteiger partial charge in [0.15, 0.2) is 0 Å². The molecule has 1 rings (SSSR count). The predicted octanol–water partition coefficient (Wildman–Crippen LogP) is 3.21. The second kappa shape index (κ2) is 7.33. The van der Waals surface area contributed by atoms with Gasteiger partial charge in [-0.3, -0.25) is 0 Å². The molecular formula is C15H26N2. The van der Waals surface area contributed by atoms with Crippen molar-refractivity contribution in [3.8, 4) is 0 Å². The molecule has 2 nitrogen and oxygen atoms in total. The molecule has 0 saturated carbocycles. The summed E-state index contributed by atoms with van der Waals surface area (Å²) in [7, 11) is 4.23. The molecule has 0 aromatic heterocycles.